The first-order valence-corrected chi connectivity index (χ1v) is 6.33. The van der Waals surface area contributed by atoms with Crippen molar-refractivity contribution in [3.05, 3.63) is 24.0 Å². The first-order chi connectivity index (χ1) is 8.63. The van der Waals surface area contributed by atoms with Crippen molar-refractivity contribution in [1.29, 1.82) is 0 Å². The van der Waals surface area contributed by atoms with Crippen molar-refractivity contribution in [1.82, 2.24) is 4.98 Å². The molecule has 1 heterocycles. The molecule has 0 spiro atoms. The van der Waals surface area contributed by atoms with Crippen LogP contribution in [0.1, 0.15) is 32.4 Å². The second-order valence-electron chi connectivity index (χ2n) is 5.05. The lowest BCUT2D eigenvalue weighted by atomic mass is 10.2. The third-order valence-electron chi connectivity index (χ3n) is 3.22. The highest BCUT2D eigenvalue weighted by atomic mass is 16.4. The van der Waals surface area contributed by atoms with E-state index in [2.05, 4.69) is 28.9 Å². The van der Waals surface area contributed by atoms with E-state index < -0.39 is 0 Å². The molecular formula is C13H20N4O. The summed E-state index contributed by atoms with van der Waals surface area (Å²) in [6.07, 6.45) is 4.25. The van der Waals surface area contributed by atoms with Gasteiger partial charge in [0.2, 0.25) is 0 Å². The second-order valence-corrected chi connectivity index (χ2v) is 5.05. The molecule has 5 nitrogen and oxygen atoms in total. The Morgan fingerprint density at radius 3 is 2.89 bits per heavy atom. The van der Waals surface area contributed by atoms with Gasteiger partial charge in [-0.3, -0.25) is 4.98 Å². The number of hydrogen-bond donors (Lipinski definition) is 2. The fourth-order valence-electron chi connectivity index (χ4n) is 2.04. The Morgan fingerprint density at radius 1 is 1.61 bits per heavy atom. The SMILES string of the molecule is CC(C)N(CC1CC1)c1cccnc1/C(N)=N/O. The van der Waals surface area contributed by atoms with Crippen molar-refractivity contribution < 1.29 is 5.21 Å². The molecule has 0 amide bonds. The number of anilines is 1. The summed E-state index contributed by atoms with van der Waals surface area (Å²) >= 11 is 0. The van der Waals surface area contributed by atoms with Gasteiger partial charge in [-0.1, -0.05) is 5.16 Å². The van der Waals surface area contributed by atoms with E-state index in [4.69, 9.17) is 10.9 Å². The summed E-state index contributed by atoms with van der Waals surface area (Å²) in [4.78, 5) is 6.50. The van der Waals surface area contributed by atoms with Gasteiger partial charge in [-0.15, -0.1) is 0 Å². The smallest absolute Gasteiger partial charge is 0.190 e. The third-order valence-corrected chi connectivity index (χ3v) is 3.22. The van der Waals surface area contributed by atoms with Gasteiger partial charge in [0.05, 0.1) is 5.69 Å². The number of nitrogens with zero attached hydrogens (tertiary/aromatic N) is 3. The minimum absolute atomic E-state index is 0.0621. The number of oxime groups is 1. The molecular weight excluding hydrogens is 228 g/mol. The Hall–Kier alpha value is -1.78. The van der Waals surface area contributed by atoms with Crippen LogP contribution < -0.4 is 10.6 Å². The van der Waals surface area contributed by atoms with Crippen molar-refractivity contribution in [3.8, 4) is 0 Å². The quantitative estimate of drug-likeness (QED) is 0.360. The third kappa shape index (κ3) is 2.72. The maximum absolute atomic E-state index is 8.83. The van der Waals surface area contributed by atoms with Crippen molar-refractivity contribution in [2.45, 2.75) is 32.7 Å². The van der Waals surface area contributed by atoms with Gasteiger partial charge in [0.25, 0.3) is 0 Å². The van der Waals surface area contributed by atoms with Gasteiger partial charge >= 0.3 is 0 Å². The Morgan fingerprint density at radius 2 is 2.33 bits per heavy atom. The number of nitrogens with two attached hydrogens (primary N) is 1. The molecule has 0 aromatic carbocycles. The van der Waals surface area contributed by atoms with Crippen molar-refractivity contribution in [2.24, 2.45) is 16.8 Å². The summed E-state index contributed by atoms with van der Waals surface area (Å²) in [5.74, 6) is 0.833. The largest absolute Gasteiger partial charge is 0.409 e. The highest BCUT2D eigenvalue weighted by Crippen LogP contribution is 2.33. The molecule has 1 aromatic heterocycles. The molecule has 3 N–H and O–H groups in total. The van der Waals surface area contributed by atoms with Gasteiger partial charge in [0, 0.05) is 18.8 Å². The van der Waals surface area contributed by atoms with Gasteiger partial charge in [-0.25, -0.2) is 0 Å². The lowest BCUT2D eigenvalue weighted by Crippen LogP contribution is -2.35. The van der Waals surface area contributed by atoms with Crippen LogP contribution in [-0.4, -0.2) is 28.6 Å². The summed E-state index contributed by atoms with van der Waals surface area (Å²) < 4.78 is 0. The summed E-state index contributed by atoms with van der Waals surface area (Å²) in [7, 11) is 0. The monoisotopic (exact) mass is 248 g/mol. The van der Waals surface area contributed by atoms with Gasteiger partial charge < -0.3 is 15.8 Å². The van der Waals surface area contributed by atoms with E-state index >= 15 is 0 Å². The number of pyridine rings is 1. The van der Waals surface area contributed by atoms with Crippen LogP contribution in [0.2, 0.25) is 0 Å². The van der Waals surface area contributed by atoms with E-state index in [0.29, 0.717) is 11.7 Å². The van der Waals surface area contributed by atoms with E-state index in [1.165, 1.54) is 12.8 Å². The Labute approximate surface area is 107 Å². The average molecular weight is 248 g/mol. The zero-order valence-corrected chi connectivity index (χ0v) is 10.9. The molecule has 1 aromatic rings. The van der Waals surface area contributed by atoms with Crippen molar-refractivity contribution in [3.63, 3.8) is 0 Å². The van der Waals surface area contributed by atoms with E-state index in [1.807, 2.05) is 12.1 Å². The standard InChI is InChI=1S/C13H20N4O/c1-9(2)17(8-10-5-6-10)11-4-3-7-15-12(11)13(14)16-18/h3-4,7,9-10,18H,5-6,8H2,1-2H3,(H2,14,16). The number of amidine groups is 1. The molecule has 0 aliphatic heterocycles. The summed E-state index contributed by atoms with van der Waals surface area (Å²) in [6, 6.07) is 4.22. The molecule has 0 radical (unpaired) electrons. The molecule has 0 unspecified atom stereocenters. The van der Waals surface area contributed by atoms with Crippen molar-refractivity contribution >= 4 is 11.5 Å². The first-order valence-electron chi connectivity index (χ1n) is 6.33. The summed E-state index contributed by atoms with van der Waals surface area (Å²) in [5, 5.41) is 11.9. The fraction of sp³-hybridized carbons (Fsp3) is 0.538. The molecule has 0 atom stereocenters. The molecule has 5 heteroatoms. The molecule has 1 aliphatic carbocycles. The molecule has 98 valence electrons. The Kier molecular flexibility index (Phi) is 3.69. The molecule has 1 aliphatic rings. The van der Waals surface area contributed by atoms with Gasteiger partial charge in [0.15, 0.2) is 5.84 Å². The normalized spacial score (nSPS) is 16.1. The minimum Gasteiger partial charge on any atom is -0.409 e. The minimum atomic E-state index is 0.0621. The Balaban J connectivity index is 2.33. The van der Waals surface area contributed by atoms with Crippen LogP contribution in [0.3, 0.4) is 0 Å². The summed E-state index contributed by atoms with van der Waals surface area (Å²) in [6.45, 7) is 5.30. The number of rotatable bonds is 5. The van der Waals surface area contributed by atoms with E-state index in [1.54, 1.807) is 6.20 Å². The molecule has 1 fully saturated rings. The van der Waals surface area contributed by atoms with Gasteiger partial charge in [0.1, 0.15) is 5.69 Å². The lowest BCUT2D eigenvalue weighted by Gasteiger charge is -2.30. The maximum Gasteiger partial charge on any atom is 0.190 e. The van der Waals surface area contributed by atoms with Crippen LogP contribution in [0.25, 0.3) is 0 Å². The van der Waals surface area contributed by atoms with Crippen LogP contribution in [0.15, 0.2) is 23.5 Å². The second kappa shape index (κ2) is 5.25. The Bertz CT molecular complexity index is 440. The van der Waals surface area contributed by atoms with Gasteiger partial charge in [-0.05, 0) is 44.7 Å². The summed E-state index contributed by atoms with van der Waals surface area (Å²) in [5.41, 5.74) is 7.18. The highest BCUT2D eigenvalue weighted by Gasteiger charge is 2.27. The topological polar surface area (TPSA) is 74.7 Å². The number of hydrogen-bond acceptors (Lipinski definition) is 4. The average Bonchev–Trinajstić information content (AvgIpc) is 3.18. The molecule has 18 heavy (non-hydrogen) atoms. The molecule has 0 bridgehead atoms. The van der Waals surface area contributed by atoms with Crippen LogP contribution in [-0.2, 0) is 0 Å². The molecule has 2 rings (SSSR count). The predicted molar refractivity (Wildman–Crippen MR) is 72.0 cm³/mol. The first kappa shape index (κ1) is 12.7. The van der Waals surface area contributed by atoms with Crippen LogP contribution in [0.4, 0.5) is 5.69 Å². The van der Waals surface area contributed by atoms with Crippen LogP contribution >= 0.6 is 0 Å². The van der Waals surface area contributed by atoms with E-state index in [0.717, 1.165) is 18.2 Å². The molecule has 0 saturated heterocycles. The maximum atomic E-state index is 8.83. The number of aromatic nitrogens is 1. The van der Waals surface area contributed by atoms with Crippen LogP contribution in [0, 0.1) is 5.92 Å². The highest BCUT2D eigenvalue weighted by molar-refractivity contribution is 6.00. The molecule has 1 saturated carbocycles. The van der Waals surface area contributed by atoms with Gasteiger partial charge in [-0.2, -0.15) is 0 Å². The lowest BCUT2D eigenvalue weighted by molar-refractivity contribution is 0.318. The van der Waals surface area contributed by atoms with E-state index in [-0.39, 0.29) is 5.84 Å². The van der Waals surface area contributed by atoms with Crippen LogP contribution in [0.5, 0.6) is 0 Å². The fourth-order valence-corrected chi connectivity index (χ4v) is 2.04. The zero-order valence-electron chi connectivity index (χ0n) is 10.9. The van der Waals surface area contributed by atoms with Crippen molar-refractivity contribution in [2.75, 3.05) is 11.4 Å². The zero-order chi connectivity index (χ0) is 13.1. The van der Waals surface area contributed by atoms with E-state index in [9.17, 15) is 0 Å². The predicted octanol–water partition coefficient (Wildman–Crippen LogP) is 1.80.